The number of aromatic nitrogens is 2. The van der Waals surface area contributed by atoms with Gasteiger partial charge in [0, 0.05) is 19.2 Å². The predicted octanol–water partition coefficient (Wildman–Crippen LogP) is 1.16. The summed E-state index contributed by atoms with van der Waals surface area (Å²) in [6.45, 7) is 8.47. The van der Waals surface area contributed by atoms with E-state index < -0.39 is 0 Å². The highest BCUT2D eigenvalue weighted by Crippen LogP contribution is 2.28. The van der Waals surface area contributed by atoms with E-state index >= 15 is 0 Å². The molecule has 0 aliphatic heterocycles. The van der Waals surface area contributed by atoms with Crippen molar-refractivity contribution in [2.75, 3.05) is 24.3 Å². The fourth-order valence-electron chi connectivity index (χ4n) is 1.93. The third-order valence-corrected chi connectivity index (χ3v) is 3.17. The SMILES string of the molecule is CCN(C)C(=O)C(C)Nc1ncnc(NN)c1C(C)C. The quantitative estimate of drug-likeness (QED) is 0.534. The molecular weight excluding hydrogens is 256 g/mol. The van der Waals surface area contributed by atoms with Crippen LogP contribution in [0.25, 0.3) is 0 Å². The molecule has 1 unspecified atom stereocenters. The second-order valence-corrected chi connectivity index (χ2v) is 5.00. The molecule has 1 aromatic rings. The Kier molecular flexibility index (Phi) is 5.69. The number of hydrogen-bond donors (Lipinski definition) is 3. The molecule has 1 aromatic heterocycles. The number of rotatable bonds is 6. The van der Waals surface area contributed by atoms with Gasteiger partial charge in [0.1, 0.15) is 24.0 Å². The van der Waals surface area contributed by atoms with E-state index in [1.807, 2.05) is 27.7 Å². The highest BCUT2D eigenvalue weighted by atomic mass is 16.2. The Bertz CT molecular complexity index is 462. The van der Waals surface area contributed by atoms with Gasteiger partial charge in [-0.25, -0.2) is 15.8 Å². The van der Waals surface area contributed by atoms with Gasteiger partial charge in [-0.1, -0.05) is 13.8 Å². The molecule has 20 heavy (non-hydrogen) atoms. The number of nitrogen functional groups attached to an aromatic ring is 1. The standard InChI is InChI=1S/C13H24N6O/c1-6-19(5)13(20)9(4)17-11-10(8(2)3)12(18-14)16-7-15-11/h7-9H,6,14H2,1-5H3,(H2,15,16,17,18). The monoisotopic (exact) mass is 280 g/mol. The second-order valence-electron chi connectivity index (χ2n) is 5.00. The van der Waals surface area contributed by atoms with Crippen molar-refractivity contribution in [3.63, 3.8) is 0 Å². The van der Waals surface area contributed by atoms with E-state index in [1.54, 1.807) is 11.9 Å². The molecule has 0 aliphatic rings. The molecule has 0 bridgehead atoms. The van der Waals surface area contributed by atoms with E-state index in [4.69, 9.17) is 5.84 Å². The Balaban J connectivity index is 3.00. The van der Waals surface area contributed by atoms with Gasteiger partial charge >= 0.3 is 0 Å². The van der Waals surface area contributed by atoms with Crippen LogP contribution in [0.5, 0.6) is 0 Å². The number of carbonyl (C=O) groups is 1. The maximum absolute atomic E-state index is 12.1. The second kappa shape index (κ2) is 7.04. The van der Waals surface area contributed by atoms with Gasteiger partial charge < -0.3 is 15.6 Å². The number of amides is 1. The van der Waals surface area contributed by atoms with Crippen molar-refractivity contribution in [2.24, 2.45) is 5.84 Å². The summed E-state index contributed by atoms with van der Waals surface area (Å²) in [4.78, 5) is 22.1. The molecule has 0 aliphatic carbocycles. The smallest absolute Gasteiger partial charge is 0.244 e. The largest absolute Gasteiger partial charge is 0.358 e. The third kappa shape index (κ3) is 3.57. The summed E-state index contributed by atoms with van der Waals surface area (Å²) in [6, 6.07) is -0.363. The van der Waals surface area contributed by atoms with Gasteiger partial charge in [0.15, 0.2) is 0 Å². The van der Waals surface area contributed by atoms with Crippen molar-refractivity contribution < 1.29 is 4.79 Å². The lowest BCUT2D eigenvalue weighted by atomic mass is 10.0. The van der Waals surface area contributed by atoms with Gasteiger partial charge in [0.2, 0.25) is 5.91 Å². The molecule has 7 nitrogen and oxygen atoms in total. The minimum absolute atomic E-state index is 0.0167. The number of anilines is 2. The van der Waals surface area contributed by atoms with Crippen LogP contribution in [0.15, 0.2) is 6.33 Å². The van der Waals surface area contributed by atoms with E-state index in [9.17, 15) is 4.79 Å². The number of nitrogens with two attached hydrogens (primary N) is 1. The average molecular weight is 280 g/mol. The van der Waals surface area contributed by atoms with Crippen LogP contribution >= 0.6 is 0 Å². The number of likely N-dealkylation sites (N-methyl/N-ethyl adjacent to an activating group) is 1. The van der Waals surface area contributed by atoms with Crippen molar-refractivity contribution in [1.82, 2.24) is 14.9 Å². The maximum Gasteiger partial charge on any atom is 0.244 e. The van der Waals surface area contributed by atoms with Crippen LogP contribution in [-0.2, 0) is 4.79 Å². The molecule has 0 fully saturated rings. The zero-order valence-electron chi connectivity index (χ0n) is 12.8. The number of hydrazine groups is 1. The maximum atomic E-state index is 12.1. The van der Waals surface area contributed by atoms with Crippen molar-refractivity contribution in [3.8, 4) is 0 Å². The summed E-state index contributed by atoms with van der Waals surface area (Å²) < 4.78 is 0. The summed E-state index contributed by atoms with van der Waals surface area (Å²) in [5.74, 6) is 6.87. The van der Waals surface area contributed by atoms with Crippen LogP contribution in [-0.4, -0.2) is 40.4 Å². The van der Waals surface area contributed by atoms with Gasteiger partial charge in [0.05, 0.1) is 0 Å². The first kappa shape index (κ1) is 16.2. The molecule has 7 heteroatoms. The Labute approximate surface area is 119 Å². The summed E-state index contributed by atoms with van der Waals surface area (Å²) in [7, 11) is 1.77. The van der Waals surface area contributed by atoms with E-state index in [0.717, 1.165) is 5.56 Å². The molecule has 0 spiro atoms. The molecule has 1 atom stereocenters. The first-order chi connectivity index (χ1) is 9.42. The third-order valence-electron chi connectivity index (χ3n) is 3.17. The van der Waals surface area contributed by atoms with Crippen molar-refractivity contribution in [2.45, 2.75) is 39.7 Å². The number of nitrogens with one attached hydrogen (secondary N) is 2. The minimum Gasteiger partial charge on any atom is -0.358 e. The summed E-state index contributed by atoms with van der Waals surface area (Å²) in [5.41, 5.74) is 3.44. The van der Waals surface area contributed by atoms with Crippen LogP contribution in [0, 0.1) is 0 Å². The minimum atomic E-state index is -0.363. The zero-order valence-corrected chi connectivity index (χ0v) is 12.8. The van der Waals surface area contributed by atoms with Gasteiger partial charge in [-0.15, -0.1) is 0 Å². The van der Waals surface area contributed by atoms with Crippen LogP contribution in [0.2, 0.25) is 0 Å². The highest BCUT2D eigenvalue weighted by Gasteiger charge is 2.20. The molecule has 0 aromatic carbocycles. The summed E-state index contributed by atoms with van der Waals surface area (Å²) in [6.07, 6.45) is 1.42. The Morgan fingerprint density at radius 2 is 1.95 bits per heavy atom. The normalized spacial score (nSPS) is 12.2. The van der Waals surface area contributed by atoms with Crippen LogP contribution in [0.1, 0.15) is 39.2 Å². The van der Waals surface area contributed by atoms with E-state index in [1.165, 1.54) is 6.33 Å². The lowest BCUT2D eigenvalue weighted by molar-refractivity contribution is -0.130. The van der Waals surface area contributed by atoms with Crippen LogP contribution < -0.4 is 16.6 Å². The molecule has 4 N–H and O–H groups in total. The summed E-state index contributed by atoms with van der Waals surface area (Å²) in [5, 5.41) is 3.14. The van der Waals surface area contributed by atoms with Crippen LogP contribution in [0.4, 0.5) is 11.6 Å². The molecule has 1 amide bonds. The first-order valence-corrected chi connectivity index (χ1v) is 6.75. The number of nitrogens with zero attached hydrogens (tertiary/aromatic N) is 3. The van der Waals surface area contributed by atoms with Gasteiger partial charge in [-0.2, -0.15) is 0 Å². The van der Waals surface area contributed by atoms with Crippen molar-refractivity contribution in [3.05, 3.63) is 11.9 Å². The van der Waals surface area contributed by atoms with Crippen molar-refractivity contribution in [1.29, 1.82) is 0 Å². The highest BCUT2D eigenvalue weighted by molar-refractivity contribution is 5.84. The van der Waals surface area contributed by atoms with Gasteiger partial charge in [0.25, 0.3) is 0 Å². The predicted molar refractivity (Wildman–Crippen MR) is 80.3 cm³/mol. The average Bonchev–Trinajstić information content (AvgIpc) is 2.44. The molecule has 0 radical (unpaired) electrons. The van der Waals surface area contributed by atoms with Gasteiger partial charge in [-0.3, -0.25) is 4.79 Å². The van der Waals surface area contributed by atoms with Gasteiger partial charge in [-0.05, 0) is 19.8 Å². The Morgan fingerprint density at radius 1 is 1.35 bits per heavy atom. The first-order valence-electron chi connectivity index (χ1n) is 6.75. The fraction of sp³-hybridized carbons (Fsp3) is 0.615. The Morgan fingerprint density at radius 3 is 2.45 bits per heavy atom. The molecule has 1 rings (SSSR count). The molecule has 112 valence electrons. The topological polar surface area (TPSA) is 96.2 Å². The number of hydrogen-bond acceptors (Lipinski definition) is 6. The molecular formula is C13H24N6O. The fourth-order valence-corrected chi connectivity index (χ4v) is 1.93. The summed E-state index contributed by atoms with van der Waals surface area (Å²) >= 11 is 0. The molecule has 0 saturated heterocycles. The van der Waals surface area contributed by atoms with E-state index in [0.29, 0.717) is 18.2 Å². The van der Waals surface area contributed by atoms with Crippen LogP contribution in [0.3, 0.4) is 0 Å². The molecule has 1 heterocycles. The zero-order chi connectivity index (χ0) is 15.3. The lowest BCUT2D eigenvalue weighted by Crippen LogP contribution is -2.39. The number of carbonyl (C=O) groups excluding carboxylic acids is 1. The Hall–Kier alpha value is -1.89. The molecule has 0 saturated carbocycles. The van der Waals surface area contributed by atoms with E-state index in [2.05, 4.69) is 20.7 Å². The lowest BCUT2D eigenvalue weighted by Gasteiger charge is -2.23. The van der Waals surface area contributed by atoms with E-state index in [-0.39, 0.29) is 17.9 Å². The van der Waals surface area contributed by atoms with Crippen molar-refractivity contribution >= 4 is 17.5 Å².